The number of nitrogens with one attached hydrogen (secondary N) is 2. The van der Waals surface area contributed by atoms with E-state index in [2.05, 4.69) is 10.6 Å². The average Bonchev–Trinajstić information content (AvgIpc) is 3.33. The third kappa shape index (κ3) is 4.99. The summed E-state index contributed by atoms with van der Waals surface area (Å²) in [5.74, 6) is -3.45. The number of carbonyl (C=O) groups excluding carboxylic acids is 4. The van der Waals surface area contributed by atoms with Gasteiger partial charge in [0.05, 0.1) is 19.1 Å². The second kappa shape index (κ2) is 9.87. The van der Waals surface area contributed by atoms with Crippen molar-refractivity contribution in [3.05, 3.63) is 35.9 Å². The van der Waals surface area contributed by atoms with Crippen molar-refractivity contribution in [2.24, 2.45) is 23.2 Å². The minimum absolute atomic E-state index is 0.0111. The standard InChI is InChI=1S/C26H36N2O7/c1-7-33-21(30)19-18-17(20(29)27-15-16-12-10-9-11-13-16)14-26(25(18,19)6,22(31)34-8-2)28-23(32)35-24(3,4)5/h9-13,17-19H,7-8,14-15H2,1-6H3,(H,27,29)(H,28,32)/t17-,18-,19-,25-,26-/m0/s1. The Kier molecular flexibility index (Phi) is 7.48. The lowest BCUT2D eigenvalue weighted by Crippen LogP contribution is -2.61. The van der Waals surface area contributed by atoms with Gasteiger partial charge in [0.25, 0.3) is 0 Å². The van der Waals surface area contributed by atoms with Crippen LogP contribution in [0.3, 0.4) is 0 Å². The molecule has 2 aliphatic rings. The average molecular weight is 489 g/mol. The van der Waals surface area contributed by atoms with Crippen LogP contribution in [0.4, 0.5) is 4.79 Å². The van der Waals surface area contributed by atoms with Crippen LogP contribution in [0.2, 0.25) is 0 Å². The molecule has 3 rings (SSSR count). The van der Waals surface area contributed by atoms with Crippen molar-refractivity contribution in [3.63, 3.8) is 0 Å². The van der Waals surface area contributed by atoms with Crippen molar-refractivity contribution in [1.29, 1.82) is 0 Å². The first kappa shape index (κ1) is 26.5. The molecule has 0 heterocycles. The molecule has 0 aliphatic heterocycles. The monoisotopic (exact) mass is 488 g/mol. The summed E-state index contributed by atoms with van der Waals surface area (Å²) in [6.45, 7) is 10.8. The molecule has 9 nitrogen and oxygen atoms in total. The fourth-order valence-electron chi connectivity index (χ4n) is 5.49. The maximum atomic E-state index is 13.4. The zero-order valence-corrected chi connectivity index (χ0v) is 21.3. The number of ether oxygens (including phenoxy) is 3. The number of hydrogen-bond acceptors (Lipinski definition) is 7. The number of amides is 2. The molecule has 9 heteroatoms. The first-order valence-corrected chi connectivity index (χ1v) is 12.1. The van der Waals surface area contributed by atoms with E-state index in [1.54, 1.807) is 41.5 Å². The molecular formula is C26H36N2O7. The molecular weight excluding hydrogens is 452 g/mol. The van der Waals surface area contributed by atoms with Crippen LogP contribution in [0.1, 0.15) is 53.5 Å². The number of fused-ring (bicyclic) bond motifs is 1. The van der Waals surface area contributed by atoms with Gasteiger partial charge in [0.1, 0.15) is 11.1 Å². The van der Waals surface area contributed by atoms with Crippen molar-refractivity contribution in [2.45, 2.75) is 65.6 Å². The molecule has 1 aromatic carbocycles. The summed E-state index contributed by atoms with van der Waals surface area (Å²) in [6.07, 6.45) is -0.826. The predicted octanol–water partition coefficient (Wildman–Crippen LogP) is 2.96. The first-order chi connectivity index (χ1) is 16.4. The smallest absolute Gasteiger partial charge is 0.408 e. The van der Waals surface area contributed by atoms with E-state index in [4.69, 9.17) is 14.2 Å². The third-order valence-electron chi connectivity index (χ3n) is 6.99. The molecule has 0 spiro atoms. The number of alkyl carbamates (subject to hydrolysis) is 1. The molecule has 0 unspecified atom stereocenters. The summed E-state index contributed by atoms with van der Waals surface area (Å²) >= 11 is 0. The van der Waals surface area contributed by atoms with Gasteiger partial charge in [0, 0.05) is 17.9 Å². The van der Waals surface area contributed by atoms with E-state index in [1.807, 2.05) is 30.3 Å². The Bertz CT molecular complexity index is 974. The van der Waals surface area contributed by atoms with Crippen molar-refractivity contribution < 1.29 is 33.4 Å². The highest BCUT2D eigenvalue weighted by atomic mass is 16.6. The lowest BCUT2D eigenvalue weighted by atomic mass is 9.79. The molecule has 2 saturated carbocycles. The quantitative estimate of drug-likeness (QED) is 0.426. The molecule has 2 N–H and O–H groups in total. The van der Waals surface area contributed by atoms with Gasteiger partial charge in [-0.2, -0.15) is 0 Å². The second-order valence-corrected chi connectivity index (χ2v) is 10.3. The van der Waals surface area contributed by atoms with E-state index in [0.29, 0.717) is 6.54 Å². The summed E-state index contributed by atoms with van der Waals surface area (Å²) in [7, 11) is 0. The Balaban J connectivity index is 1.95. The van der Waals surface area contributed by atoms with Gasteiger partial charge in [-0.05, 0) is 52.5 Å². The molecule has 0 aromatic heterocycles. The van der Waals surface area contributed by atoms with E-state index in [0.717, 1.165) is 5.56 Å². The maximum absolute atomic E-state index is 13.4. The summed E-state index contributed by atoms with van der Waals surface area (Å²) in [5, 5.41) is 5.65. The lowest BCUT2D eigenvalue weighted by Gasteiger charge is -2.37. The molecule has 0 radical (unpaired) electrons. The number of benzene rings is 1. The van der Waals surface area contributed by atoms with Crippen LogP contribution in [0.5, 0.6) is 0 Å². The summed E-state index contributed by atoms with van der Waals surface area (Å²) in [4.78, 5) is 52.5. The Hall–Kier alpha value is -3.10. The zero-order valence-electron chi connectivity index (χ0n) is 21.3. The largest absolute Gasteiger partial charge is 0.466 e. The van der Waals surface area contributed by atoms with Crippen LogP contribution in [0, 0.1) is 23.2 Å². The Morgan fingerprint density at radius 3 is 2.23 bits per heavy atom. The van der Waals surface area contributed by atoms with Crippen LogP contribution in [-0.4, -0.2) is 48.3 Å². The fourth-order valence-corrected chi connectivity index (χ4v) is 5.49. The molecule has 0 saturated heterocycles. The Morgan fingerprint density at radius 2 is 1.66 bits per heavy atom. The lowest BCUT2D eigenvalue weighted by molar-refractivity contribution is -0.156. The zero-order chi connectivity index (χ0) is 26.0. The van der Waals surface area contributed by atoms with Crippen LogP contribution in [0.15, 0.2) is 30.3 Å². The molecule has 1 aromatic rings. The van der Waals surface area contributed by atoms with Gasteiger partial charge in [-0.25, -0.2) is 9.59 Å². The normalized spacial score (nSPS) is 28.9. The predicted molar refractivity (Wildman–Crippen MR) is 127 cm³/mol. The van der Waals surface area contributed by atoms with Gasteiger partial charge in [-0.3, -0.25) is 9.59 Å². The topological polar surface area (TPSA) is 120 Å². The van der Waals surface area contributed by atoms with Gasteiger partial charge in [-0.15, -0.1) is 0 Å². The molecule has 2 fully saturated rings. The third-order valence-corrected chi connectivity index (χ3v) is 6.99. The maximum Gasteiger partial charge on any atom is 0.408 e. The van der Waals surface area contributed by atoms with E-state index in [9.17, 15) is 19.2 Å². The SMILES string of the molecule is CCOC(=O)[C@@H]1[C@@H]2[C@@H](C(=O)NCc3ccccc3)C[C@](NC(=O)OC(C)(C)C)(C(=O)OCC)[C@@]21C. The van der Waals surface area contributed by atoms with Gasteiger partial charge in [0.2, 0.25) is 5.91 Å². The van der Waals surface area contributed by atoms with E-state index in [-0.39, 0.29) is 25.5 Å². The van der Waals surface area contributed by atoms with Gasteiger partial charge in [0.15, 0.2) is 0 Å². The van der Waals surface area contributed by atoms with Crippen LogP contribution >= 0.6 is 0 Å². The highest BCUT2D eigenvalue weighted by molar-refractivity contribution is 5.95. The van der Waals surface area contributed by atoms with Crippen LogP contribution < -0.4 is 10.6 Å². The number of rotatable bonds is 8. The van der Waals surface area contributed by atoms with Crippen molar-refractivity contribution in [3.8, 4) is 0 Å². The highest BCUT2D eigenvalue weighted by Crippen LogP contribution is 2.75. The van der Waals surface area contributed by atoms with E-state index >= 15 is 0 Å². The van der Waals surface area contributed by atoms with Crippen molar-refractivity contribution in [2.75, 3.05) is 13.2 Å². The summed E-state index contributed by atoms with van der Waals surface area (Å²) in [6, 6.07) is 9.43. The minimum atomic E-state index is -1.62. The Morgan fingerprint density at radius 1 is 1.03 bits per heavy atom. The number of esters is 2. The van der Waals surface area contributed by atoms with Crippen LogP contribution in [0.25, 0.3) is 0 Å². The van der Waals surface area contributed by atoms with Crippen molar-refractivity contribution in [1.82, 2.24) is 10.6 Å². The molecule has 0 bridgehead atoms. The van der Waals surface area contributed by atoms with Gasteiger partial charge < -0.3 is 24.8 Å². The van der Waals surface area contributed by atoms with E-state index < -0.39 is 52.3 Å². The minimum Gasteiger partial charge on any atom is -0.466 e. The van der Waals surface area contributed by atoms with Gasteiger partial charge in [-0.1, -0.05) is 37.3 Å². The van der Waals surface area contributed by atoms with Crippen molar-refractivity contribution >= 4 is 23.9 Å². The molecule has 192 valence electrons. The second-order valence-electron chi connectivity index (χ2n) is 10.3. The number of hydrogen-bond donors (Lipinski definition) is 2. The molecule has 2 amide bonds. The van der Waals surface area contributed by atoms with Crippen LogP contribution in [-0.2, 0) is 35.1 Å². The molecule has 2 aliphatic carbocycles. The first-order valence-electron chi connectivity index (χ1n) is 12.1. The summed E-state index contributed by atoms with van der Waals surface area (Å²) < 4.78 is 16.1. The highest BCUT2D eigenvalue weighted by Gasteiger charge is 2.85. The Labute approximate surface area is 206 Å². The fraction of sp³-hybridized carbons (Fsp3) is 0.615. The summed E-state index contributed by atoms with van der Waals surface area (Å²) in [5.41, 5.74) is -2.59. The molecule has 35 heavy (non-hydrogen) atoms. The van der Waals surface area contributed by atoms with Gasteiger partial charge >= 0.3 is 18.0 Å². The molecule has 5 atom stereocenters. The number of carbonyl (C=O) groups is 4. The van der Waals surface area contributed by atoms with E-state index in [1.165, 1.54) is 0 Å².